The topological polar surface area (TPSA) is 94.5 Å². The van der Waals surface area contributed by atoms with Gasteiger partial charge in [0.2, 0.25) is 0 Å². The highest BCUT2D eigenvalue weighted by Crippen LogP contribution is 2.44. The predicted octanol–water partition coefficient (Wildman–Crippen LogP) is 5.10. The fourth-order valence-corrected chi connectivity index (χ4v) is 4.89. The molecule has 0 radical (unpaired) electrons. The molecule has 2 aromatic carbocycles. The van der Waals surface area contributed by atoms with Crippen LogP contribution in [0, 0.1) is 0 Å². The molecule has 0 bridgehead atoms. The monoisotopic (exact) mass is 515 g/mol. The summed E-state index contributed by atoms with van der Waals surface area (Å²) in [6.07, 6.45) is 8.28. The zero-order chi connectivity index (χ0) is 26.5. The van der Waals surface area contributed by atoms with E-state index in [4.69, 9.17) is 14.2 Å². The number of imidazole rings is 1. The lowest BCUT2D eigenvalue weighted by atomic mass is 9.95. The molecule has 0 saturated heterocycles. The number of amides is 1. The summed E-state index contributed by atoms with van der Waals surface area (Å²) in [5.74, 6) is 2.04. The maximum absolute atomic E-state index is 13.7. The number of aromatic nitrogens is 4. The second kappa shape index (κ2) is 11.4. The molecular formula is C29H33N5O4. The lowest BCUT2D eigenvalue weighted by molar-refractivity contribution is 0.0739. The predicted molar refractivity (Wildman–Crippen MR) is 144 cm³/mol. The van der Waals surface area contributed by atoms with E-state index >= 15 is 0 Å². The number of nitrogens with one attached hydrogen (secondary N) is 1. The maximum atomic E-state index is 13.7. The molecule has 1 N–H and O–H groups in total. The van der Waals surface area contributed by atoms with E-state index < -0.39 is 0 Å². The van der Waals surface area contributed by atoms with E-state index in [1.165, 1.54) is 0 Å². The molecule has 0 aliphatic carbocycles. The van der Waals surface area contributed by atoms with Gasteiger partial charge in [-0.25, -0.2) is 4.98 Å². The van der Waals surface area contributed by atoms with Gasteiger partial charge in [0, 0.05) is 36.6 Å². The van der Waals surface area contributed by atoms with Crippen LogP contribution in [0.1, 0.15) is 53.8 Å². The molecule has 5 rings (SSSR count). The van der Waals surface area contributed by atoms with E-state index in [1.54, 1.807) is 26.7 Å². The van der Waals surface area contributed by atoms with Gasteiger partial charge in [0.25, 0.3) is 5.91 Å². The van der Waals surface area contributed by atoms with Gasteiger partial charge >= 0.3 is 0 Å². The van der Waals surface area contributed by atoms with Crippen molar-refractivity contribution in [2.24, 2.45) is 0 Å². The van der Waals surface area contributed by atoms with E-state index in [0.717, 1.165) is 53.9 Å². The fourth-order valence-electron chi connectivity index (χ4n) is 4.89. The summed E-state index contributed by atoms with van der Waals surface area (Å²) in [6.45, 7) is 4.10. The molecule has 1 unspecified atom stereocenters. The number of methoxy groups -OCH3 is 2. The first-order chi connectivity index (χ1) is 18.6. The minimum absolute atomic E-state index is 0.0647. The van der Waals surface area contributed by atoms with Gasteiger partial charge in [-0.15, -0.1) is 0 Å². The van der Waals surface area contributed by atoms with Crippen LogP contribution in [0.4, 0.5) is 0 Å². The van der Waals surface area contributed by atoms with Gasteiger partial charge in [0.1, 0.15) is 11.4 Å². The Morgan fingerprint density at radius 3 is 2.55 bits per heavy atom. The molecular weight excluding hydrogens is 482 g/mol. The number of nitrogens with zero attached hydrogens (tertiary/aromatic N) is 4. The quantitative estimate of drug-likeness (QED) is 0.264. The van der Waals surface area contributed by atoms with Crippen LogP contribution in [0.15, 0.2) is 61.2 Å². The number of carbonyl (C=O) groups is 1. The van der Waals surface area contributed by atoms with Crippen molar-refractivity contribution in [3.8, 4) is 28.5 Å². The number of ether oxygens (including phenoxy) is 3. The Balaban J connectivity index is 1.52. The molecule has 0 fully saturated rings. The SMILES string of the molecule is CCCCOc1ccc(C2c3c(-c4ccc(OC)cc4)n[nH]c3C(=O)N2CCCn2ccnc2)cc1OC. The molecule has 198 valence electrons. The van der Waals surface area contributed by atoms with Gasteiger partial charge in [-0.2, -0.15) is 5.10 Å². The Kier molecular flexibility index (Phi) is 7.62. The molecule has 4 aromatic rings. The molecule has 3 heterocycles. The van der Waals surface area contributed by atoms with Crippen molar-refractivity contribution in [1.29, 1.82) is 0 Å². The average Bonchev–Trinajstić information content (AvgIpc) is 3.68. The first-order valence-electron chi connectivity index (χ1n) is 12.9. The Bertz CT molecular complexity index is 1360. The summed E-state index contributed by atoms with van der Waals surface area (Å²) in [6, 6.07) is 13.3. The van der Waals surface area contributed by atoms with Gasteiger partial charge in [-0.3, -0.25) is 9.89 Å². The number of H-pyrrole nitrogens is 1. The van der Waals surface area contributed by atoms with Crippen LogP contribution in [0.5, 0.6) is 17.2 Å². The van der Waals surface area contributed by atoms with Crippen molar-refractivity contribution < 1.29 is 19.0 Å². The molecule has 1 aliphatic heterocycles. The second-order valence-electron chi connectivity index (χ2n) is 9.26. The van der Waals surface area contributed by atoms with Crippen molar-refractivity contribution in [1.82, 2.24) is 24.6 Å². The molecule has 0 saturated carbocycles. The molecule has 38 heavy (non-hydrogen) atoms. The highest BCUT2D eigenvalue weighted by molar-refractivity contribution is 6.00. The Hall–Kier alpha value is -4.27. The van der Waals surface area contributed by atoms with Gasteiger partial charge in [-0.05, 0) is 54.8 Å². The van der Waals surface area contributed by atoms with Crippen LogP contribution >= 0.6 is 0 Å². The Morgan fingerprint density at radius 1 is 1.00 bits per heavy atom. The molecule has 1 aliphatic rings. The number of fused-ring (bicyclic) bond motifs is 1. The van der Waals surface area contributed by atoms with E-state index in [2.05, 4.69) is 22.1 Å². The molecule has 2 aromatic heterocycles. The first kappa shape index (κ1) is 25.4. The zero-order valence-corrected chi connectivity index (χ0v) is 22.0. The van der Waals surface area contributed by atoms with E-state index in [1.807, 2.05) is 58.1 Å². The minimum atomic E-state index is -0.324. The van der Waals surface area contributed by atoms with Crippen molar-refractivity contribution in [3.63, 3.8) is 0 Å². The maximum Gasteiger partial charge on any atom is 0.273 e. The Morgan fingerprint density at radius 2 is 1.84 bits per heavy atom. The van der Waals surface area contributed by atoms with Gasteiger partial charge < -0.3 is 23.7 Å². The average molecular weight is 516 g/mol. The molecule has 0 spiro atoms. The third-order valence-electron chi connectivity index (χ3n) is 6.86. The van der Waals surface area contributed by atoms with E-state index in [9.17, 15) is 4.79 Å². The van der Waals surface area contributed by atoms with Gasteiger partial charge in [0.05, 0.1) is 38.9 Å². The normalized spacial score (nSPS) is 14.6. The van der Waals surface area contributed by atoms with Crippen LogP contribution < -0.4 is 14.2 Å². The number of hydrogen-bond acceptors (Lipinski definition) is 6. The number of carbonyl (C=O) groups excluding carboxylic acids is 1. The van der Waals surface area contributed by atoms with Crippen LogP contribution in [0.3, 0.4) is 0 Å². The number of benzene rings is 2. The summed E-state index contributed by atoms with van der Waals surface area (Å²) in [5.41, 5.74) is 3.99. The Labute approximate surface area is 222 Å². The standard InChI is InChI=1S/C29H33N5O4/c1-4-5-17-38-23-12-9-21(18-24(23)37-3)28-25-26(20-7-10-22(36-2)11-8-20)31-32-27(25)29(35)34(28)15-6-14-33-16-13-30-19-33/h7-13,16,18-19,28H,4-6,14-15,17H2,1-3H3,(H,31,32). The van der Waals surface area contributed by atoms with Crippen molar-refractivity contribution >= 4 is 5.91 Å². The third-order valence-corrected chi connectivity index (χ3v) is 6.86. The summed E-state index contributed by atoms with van der Waals surface area (Å²) in [7, 11) is 3.28. The highest BCUT2D eigenvalue weighted by Gasteiger charge is 2.42. The number of aryl methyl sites for hydroxylation is 1. The minimum Gasteiger partial charge on any atom is -0.497 e. The third kappa shape index (κ3) is 4.96. The van der Waals surface area contributed by atoms with E-state index in [0.29, 0.717) is 30.3 Å². The van der Waals surface area contributed by atoms with Crippen LogP contribution in [-0.2, 0) is 6.54 Å². The van der Waals surface area contributed by atoms with Gasteiger partial charge in [-0.1, -0.05) is 19.4 Å². The fraction of sp³-hybridized carbons (Fsp3) is 0.345. The van der Waals surface area contributed by atoms with Crippen LogP contribution in [-0.4, -0.2) is 57.9 Å². The zero-order valence-electron chi connectivity index (χ0n) is 22.0. The number of aromatic amines is 1. The lowest BCUT2D eigenvalue weighted by Crippen LogP contribution is -2.31. The smallest absolute Gasteiger partial charge is 0.273 e. The second-order valence-corrected chi connectivity index (χ2v) is 9.26. The van der Waals surface area contributed by atoms with Crippen LogP contribution in [0.25, 0.3) is 11.3 Å². The first-order valence-corrected chi connectivity index (χ1v) is 12.9. The summed E-state index contributed by atoms with van der Waals surface area (Å²) < 4.78 is 19.0. The number of unbranched alkanes of at least 4 members (excludes halogenated alkanes) is 1. The summed E-state index contributed by atoms with van der Waals surface area (Å²) in [5, 5.41) is 7.60. The van der Waals surface area contributed by atoms with E-state index in [-0.39, 0.29) is 11.9 Å². The molecule has 9 heteroatoms. The van der Waals surface area contributed by atoms with Crippen molar-refractivity contribution in [3.05, 3.63) is 78.0 Å². The largest absolute Gasteiger partial charge is 0.497 e. The molecule has 1 atom stereocenters. The number of rotatable bonds is 12. The van der Waals surface area contributed by atoms with Crippen molar-refractivity contribution in [2.45, 2.75) is 38.8 Å². The molecule has 1 amide bonds. The number of hydrogen-bond donors (Lipinski definition) is 1. The highest BCUT2D eigenvalue weighted by atomic mass is 16.5. The van der Waals surface area contributed by atoms with Crippen molar-refractivity contribution in [2.75, 3.05) is 27.4 Å². The lowest BCUT2D eigenvalue weighted by Gasteiger charge is -2.27. The summed E-state index contributed by atoms with van der Waals surface area (Å²) in [4.78, 5) is 19.7. The molecule has 9 nitrogen and oxygen atoms in total. The van der Waals surface area contributed by atoms with Gasteiger partial charge in [0.15, 0.2) is 11.5 Å². The summed E-state index contributed by atoms with van der Waals surface area (Å²) >= 11 is 0. The van der Waals surface area contributed by atoms with Crippen LogP contribution in [0.2, 0.25) is 0 Å².